The van der Waals surface area contributed by atoms with E-state index in [0.29, 0.717) is 24.3 Å². The number of para-hydroxylation sites is 2. The smallest absolute Gasteiger partial charge is 0.277 e. The van der Waals surface area contributed by atoms with E-state index in [-0.39, 0.29) is 17.6 Å². The standard InChI is InChI=1S/C25H29N3O4S/c1-16-12-20(17(2)28(16)13-19-14-30-22-10-6-7-11-23(22)31-19)21(29)15-33-25-27-26-24(32-25)18-8-4-3-5-9-18/h6-7,10-12,18-19H,3-5,8-9,13-15H2,1-2H3. The van der Waals surface area contributed by atoms with Gasteiger partial charge < -0.3 is 18.5 Å². The molecule has 174 valence electrons. The lowest BCUT2D eigenvalue weighted by atomic mass is 9.89. The van der Waals surface area contributed by atoms with Gasteiger partial charge in [0.25, 0.3) is 5.22 Å². The van der Waals surface area contributed by atoms with Gasteiger partial charge in [0.1, 0.15) is 6.61 Å². The van der Waals surface area contributed by atoms with Crippen molar-refractivity contribution in [2.75, 3.05) is 12.4 Å². The number of aromatic nitrogens is 3. The minimum atomic E-state index is -0.112. The second-order valence-electron chi connectivity index (χ2n) is 8.85. The van der Waals surface area contributed by atoms with Crippen molar-refractivity contribution >= 4 is 17.5 Å². The Labute approximate surface area is 197 Å². The highest BCUT2D eigenvalue weighted by atomic mass is 32.2. The van der Waals surface area contributed by atoms with E-state index in [9.17, 15) is 4.79 Å². The molecule has 1 aromatic carbocycles. The fraction of sp³-hybridized carbons (Fsp3) is 0.480. The number of ketones is 1. The van der Waals surface area contributed by atoms with Gasteiger partial charge in [-0.1, -0.05) is 43.2 Å². The summed E-state index contributed by atoms with van der Waals surface area (Å²) in [5.74, 6) is 2.95. The van der Waals surface area contributed by atoms with E-state index in [0.717, 1.165) is 47.2 Å². The summed E-state index contributed by atoms with van der Waals surface area (Å²) >= 11 is 1.32. The van der Waals surface area contributed by atoms with E-state index in [2.05, 4.69) is 14.8 Å². The minimum absolute atomic E-state index is 0.0583. The highest BCUT2D eigenvalue weighted by Crippen LogP contribution is 2.34. The molecule has 0 N–H and O–H groups in total. The van der Waals surface area contributed by atoms with Crippen molar-refractivity contribution in [2.24, 2.45) is 0 Å². The maximum atomic E-state index is 13.0. The molecular formula is C25H29N3O4S. The number of nitrogens with zero attached hydrogens (tertiary/aromatic N) is 3. The van der Waals surface area contributed by atoms with Gasteiger partial charge in [-0.15, -0.1) is 10.2 Å². The summed E-state index contributed by atoms with van der Waals surface area (Å²) in [5, 5.41) is 8.86. The molecule has 1 aliphatic carbocycles. The Morgan fingerprint density at radius 1 is 1.12 bits per heavy atom. The lowest BCUT2D eigenvalue weighted by Gasteiger charge is -2.27. The summed E-state index contributed by atoms with van der Waals surface area (Å²) in [4.78, 5) is 13.0. The van der Waals surface area contributed by atoms with E-state index in [1.165, 1.54) is 31.0 Å². The zero-order valence-corrected chi connectivity index (χ0v) is 19.9. The highest BCUT2D eigenvalue weighted by Gasteiger charge is 2.25. The lowest BCUT2D eigenvalue weighted by Crippen LogP contribution is -2.33. The molecule has 2 aromatic heterocycles. The summed E-state index contributed by atoms with van der Waals surface area (Å²) in [7, 11) is 0. The van der Waals surface area contributed by atoms with Gasteiger partial charge in [-0.25, -0.2) is 0 Å². The maximum absolute atomic E-state index is 13.0. The van der Waals surface area contributed by atoms with Crippen LogP contribution in [0.15, 0.2) is 40.0 Å². The molecule has 0 saturated heterocycles. The Balaban J connectivity index is 1.21. The molecule has 0 spiro atoms. The number of aryl methyl sites for hydroxylation is 1. The molecule has 0 radical (unpaired) electrons. The zero-order valence-electron chi connectivity index (χ0n) is 19.1. The summed E-state index contributed by atoms with van der Waals surface area (Å²) in [6.45, 7) is 5.11. The van der Waals surface area contributed by atoms with Crippen molar-refractivity contribution in [3.05, 3.63) is 53.2 Å². The van der Waals surface area contributed by atoms with Crippen LogP contribution in [-0.4, -0.2) is 39.0 Å². The quantitative estimate of drug-likeness (QED) is 0.342. The molecule has 0 amide bonds. The molecule has 2 aliphatic rings. The van der Waals surface area contributed by atoms with Gasteiger partial charge in [0.15, 0.2) is 23.4 Å². The molecule has 1 atom stereocenters. The maximum Gasteiger partial charge on any atom is 0.277 e. The molecule has 1 aliphatic heterocycles. The number of thioether (sulfide) groups is 1. The number of hydrogen-bond donors (Lipinski definition) is 0. The first-order valence-corrected chi connectivity index (χ1v) is 12.6. The van der Waals surface area contributed by atoms with E-state index >= 15 is 0 Å². The predicted molar refractivity (Wildman–Crippen MR) is 125 cm³/mol. The number of rotatable bonds is 7. The molecule has 33 heavy (non-hydrogen) atoms. The fourth-order valence-corrected chi connectivity index (χ4v) is 5.37. The van der Waals surface area contributed by atoms with Crippen LogP contribution in [0.3, 0.4) is 0 Å². The second kappa shape index (κ2) is 9.63. The molecule has 0 bridgehead atoms. The summed E-state index contributed by atoms with van der Waals surface area (Å²) in [6.07, 6.45) is 5.82. The third-order valence-electron chi connectivity index (χ3n) is 6.53. The van der Waals surface area contributed by atoms with Gasteiger partial charge in [-0.2, -0.15) is 0 Å². The highest BCUT2D eigenvalue weighted by molar-refractivity contribution is 7.99. The number of carbonyl (C=O) groups is 1. The van der Waals surface area contributed by atoms with Crippen molar-refractivity contribution in [3.8, 4) is 11.5 Å². The van der Waals surface area contributed by atoms with Crippen LogP contribution < -0.4 is 9.47 Å². The van der Waals surface area contributed by atoms with Gasteiger partial charge in [0.2, 0.25) is 5.89 Å². The van der Waals surface area contributed by atoms with Gasteiger partial charge in [0, 0.05) is 22.9 Å². The molecule has 1 saturated carbocycles. The van der Waals surface area contributed by atoms with E-state index < -0.39 is 0 Å². The van der Waals surface area contributed by atoms with Crippen molar-refractivity contribution < 1.29 is 18.7 Å². The summed E-state index contributed by atoms with van der Waals surface area (Å²) in [6, 6.07) is 9.65. The molecule has 1 fully saturated rings. The second-order valence-corrected chi connectivity index (χ2v) is 9.77. The summed E-state index contributed by atoms with van der Waals surface area (Å²) < 4.78 is 19.9. The first kappa shape index (κ1) is 22.1. The first-order chi connectivity index (χ1) is 16.1. The van der Waals surface area contributed by atoms with Crippen molar-refractivity contribution in [2.45, 2.75) is 69.7 Å². The first-order valence-electron chi connectivity index (χ1n) is 11.6. The van der Waals surface area contributed by atoms with E-state index in [4.69, 9.17) is 13.9 Å². The Morgan fingerprint density at radius 3 is 2.73 bits per heavy atom. The molecule has 3 aromatic rings. The third-order valence-corrected chi connectivity index (χ3v) is 7.35. The molecule has 7 nitrogen and oxygen atoms in total. The van der Waals surface area contributed by atoms with Gasteiger partial charge in [-0.3, -0.25) is 4.79 Å². The normalized spacial score (nSPS) is 18.4. The van der Waals surface area contributed by atoms with Crippen LogP contribution in [0.4, 0.5) is 0 Å². The Morgan fingerprint density at radius 2 is 1.91 bits per heavy atom. The Kier molecular flexibility index (Phi) is 6.44. The van der Waals surface area contributed by atoms with Crippen molar-refractivity contribution in [1.82, 2.24) is 14.8 Å². The van der Waals surface area contributed by atoms with Crippen LogP contribution >= 0.6 is 11.8 Å². The average molecular weight is 468 g/mol. The van der Waals surface area contributed by atoms with E-state index in [1.807, 2.05) is 44.2 Å². The molecule has 1 unspecified atom stereocenters. The van der Waals surface area contributed by atoms with E-state index in [1.54, 1.807) is 0 Å². The largest absolute Gasteiger partial charge is 0.486 e. The van der Waals surface area contributed by atoms with Crippen LogP contribution in [-0.2, 0) is 6.54 Å². The number of benzene rings is 1. The number of ether oxygens (including phenoxy) is 2. The Bertz CT molecular complexity index is 1130. The van der Waals surface area contributed by atoms with Gasteiger partial charge in [0.05, 0.1) is 12.3 Å². The van der Waals surface area contributed by atoms with Gasteiger partial charge >= 0.3 is 0 Å². The van der Waals surface area contributed by atoms with Crippen LogP contribution in [0.5, 0.6) is 11.5 Å². The monoisotopic (exact) mass is 467 g/mol. The summed E-state index contributed by atoms with van der Waals surface area (Å²) in [5.41, 5.74) is 2.69. The fourth-order valence-electron chi connectivity index (χ4n) is 4.72. The predicted octanol–water partition coefficient (Wildman–Crippen LogP) is 5.35. The van der Waals surface area contributed by atoms with Crippen molar-refractivity contribution in [1.29, 1.82) is 0 Å². The van der Waals surface area contributed by atoms with Gasteiger partial charge in [-0.05, 0) is 44.9 Å². The Hall–Kier alpha value is -2.74. The minimum Gasteiger partial charge on any atom is -0.486 e. The number of fused-ring (bicyclic) bond motifs is 1. The number of Topliss-reactive ketones (excluding diaryl/α,β-unsaturated/α-hetero) is 1. The lowest BCUT2D eigenvalue weighted by molar-refractivity contribution is 0.0777. The van der Waals surface area contributed by atoms with Crippen molar-refractivity contribution in [3.63, 3.8) is 0 Å². The molecular weight excluding hydrogens is 438 g/mol. The molecule has 5 rings (SSSR count). The SMILES string of the molecule is Cc1cc(C(=O)CSc2nnc(C3CCCCC3)o2)c(C)n1CC1COc2ccccc2O1. The zero-order chi connectivity index (χ0) is 22.8. The third kappa shape index (κ3) is 4.81. The average Bonchev–Trinajstić information content (AvgIpc) is 3.43. The molecule has 3 heterocycles. The topological polar surface area (TPSA) is 79.4 Å². The van der Waals surface area contributed by atoms with Crippen LogP contribution in [0.2, 0.25) is 0 Å². The van der Waals surface area contributed by atoms with Crippen LogP contribution in [0.1, 0.15) is 65.7 Å². The van der Waals surface area contributed by atoms with Crippen LogP contribution in [0, 0.1) is 13.8 Å². The number of carbonyl (C=O) groups excluding carboxylic acids is 1. The number of hydrogen-bond acceptors (Lipinski definition) is 7. The molecule has 8 heteroatoms. The van der Waals surface area contributed by atoms with Crippen LogP contribution in [0.25, 0.3) is 0 Å².